The Kier molecular flexibility index (Phi) is 5.95. The van der Waals surface area contributed by atoms with Gasteiger partial charge in [-0.25, -0.2) is 0 Å². The van der Waals surface area contributed by atoms with E-state index in [1.54, 1.807) is 12.0 Å². The van der Waals surface area contributed by atoms with E-state index < -0.39 is 17.4 Å². The topological polar surface area (TPSA) is 92.9 Å². The highest BCUT2D eigenvalue weighted by Gasteiger charge is 2.48. The van der Waals surface area contributed by atoms with E-state index in [0.29, 0.717) is 26.0 Å². The summed E-state index contributed by atoms with van der Waals surface area (Å²) in [5.74, 6) is -0.983. The molecule has 0 aromatic rings. The fourth-order valence-electron chi connectivity index (χ4n) is 2.72. The third kappa shape index (κ3) is 3.49. The molecule has 0 aromatic carbocycles. The first kappa shape index (κ1) is 16.9. The number of carboxylic acids is 1. The summed E-state index contributed by atoms with van der Waals surface area (Å²) in [6.45, 7) is 5.09. The Morgan fingerprint density at radius 1 is 1.45 bits per heavy atom. The molecule has 1 aliphatic heterocycles. The number of methoxy groups -OCH3 is 1. The van der Waals surface area contributed by atoms with Crippen molar-refractivity contribution in [3.63, 3.8) is 0 Å². The first-order chi connectivity index (χ1) is 9.35. The van der Waals surface area contributed by atoms with Crippen LogP contribution in [0.25, 0.3) is 0 Å². The van der Waals surface area contributed by atoms with Gasteiger partial charge in [-0.3, -0.25) is 9.59 Å². The summed E-state index contributed by atoms with van der Waals surface area (Å²) < 4.78 is 4.94. The van der Waals surface area contributed by atoms with Gasteiger partial charge in [-0.1, -0.05) is 13.8 Å². The lowest BCUT2D eigenvalue weighted by Gasteiger charge is -2.29. The van der Waals surface area contributed by atoms with E-state index >= 15 is 0 Å². The molecule has 1 saturated heterocycles. The molecule has 6 nitrogen and oxygen atoms in total. The van der Waals surface area contributed by atoms with Crippen LogP contribution in [0.2, 0.25) is 0 Å². The van der Waals surface area contributed by atoms with Crippen molar-refractivity contribution < 1.29 is 19.4 Å². The van der Waals surface area contributed by atoms with E-state index in [0.717, 1.165) is 6.42 Å². The Morgan fingerprint density at radius 3 is 2.55 bits per heavy atom. The average Bonchev–Trinajstić information content (AvgIpc) is 2.84. The normalized spacial score (nSPS) is 24.1. The third-order valence-electron chi connectivity index (χ3n) is 4.32. The number of carbonyl (C=O) groups excluding carboxylic acids is 1. The second kappa shape index (κ2) is 7.04. The van der Waals surface area contributed by atoms with Crippen LogP contribution in [0.1, 0.15) is 33.1 Å². The Hall–Kier alpha value is -1.14. The van der Waals surface area contributed by atoms with Crippen molar-refractivity contribution in [2.75, 3.05) is 26.8 Å². The van der Waals surface area contributed by atoms with Gasteiger partial charge >= 0.3 is 5.97 Å². The summed E-state index contributed by atoms with van der Waals surface area (Å²) in [6, 6.07) is -0.568. The molecule has 0 aliphatic carbocycles. The molecule has 1 heterocycles. The van der Waals surface area contributed by atoms with Crippen molar-refractivity contribution >= 4 is 11.9 Å². The Morgan fingerprint density at radius 2 is 2.10 bits per heavy atom. The summed E-state index contributed by atoms with van der Waals surface area (Å²) >= 11 is 0. The minimum absolute atomic E-state index is 0.0116. The molecule has 2 atom stereocenters. The van der Waals surface area contributed by atoms with Crippen molar-refractivity contribution in [1.82, 2.24) is 4.90 Å². The van der Waals surface area contributed by atoms with Gasteiger partial charge < -0.3 is 20.5 Å². The lowest BCUT2D eigenvalue weighted by molar-refractivity contribution is -0.151. The van der Waals surface area contributed by atoms with Crippen molar-refractivity contribution in [2.24, 2.45) is 17.1 Å². The monoisotopic (exact) mass is 286 g/mol. The highest BCUT2D eigenvalue weighted by molar-refractivity contribution is 5.84. The Balaban J connectivity index is 2.62. The highest BCUT2D eigenvalue weighted by atomic mass is 16.5. The van der Waals surface area contributed by atoms with Crippen LogP contribution in [0.3, 0.4) is 0 Å². The van der Waals surface area contributed by atoms with Gasteiger partial charge in [0.2, 0.25) is 5.91 Å². The summed E-state index contributed by atoms with van der Waals surface area (Å²) in [4.78, 5) is 25.4. The third-order valence-corrected chi connectivity index (χ3v) is 4.32. The second-order valence-corrected chi connectivity index (χ2v) is 5.87. The van der Waals surface area contributed by atoms with Crippen LogP contribution >= 0.6 is 0 Å². The van der Waals surface area contributed by atoms with E-state index in [1.807, 2.05) is 13.8 Å². The van der Waals surface area contributed by atoms with E-state index in [9.17, 15) is 14.7 Å². The predicted octanol–water partition coefficient (Wildman–Crippen LogP) is 0.700. The molecule has 6 heteroatoms. The molecule has 1 aliphatic rings. The predicted molar refractivity (Wildman–Crippen MR) is 75.2 cm³/mol. The summed E-state index contributed by atoms with van der Waals surface area (Å²) in [5, 5.41) is 9.46. The first-order valence-electron chi connectivity index (χ1n) is 7.12. The number of nitrogens with zero attached hydrogens (tertiary/aromatic N) is 1. The number of aliphatic carboxylic acids is 1. The molecule has 2 unspecified atom stereocenters. The first-order valence-corrected chi connectivity index (χ1v) is 7.12. The fourth-order valence-corrected chi connectivity index (χ4v) is 2.72. The van der Waals surface area contributed by atoms with Crippen LogP contribution < -0.4 is 5.73 Å². The molecule has 116 valence electrons. The smallest absolute Gasteiger partial charge is 0.311 e. The zero-order valence-corrected chi connectivity index (χ0v) is 12.6. The van der Waals surface area contributed by atoms with Gasteiger partial charge in [-0.15, -0.1) is 0 Å². The number of carboxylic acid groups (broad SMARTS) is 1. The number of likely N-dealkylation sites (tertiary alicyclic amines) is 1. The van der Waals surface area contributed by atoms with E-state index in [-0.39, 0.29) is 18.4 Å². The van der Waals surface area contributed by atoms with Crippen molar-refractivity contribution in [2.45, 2.75) is 39.2 Å². The Bertz CT molecular complexity index is 359. The maximum absolute atomic E-state index is 12.2. The molecule has 0 spiro atoms. The lowest BCUT2D eigenvalue weighted by atomic mass is 9.76. The van der Waals surface area contributed by atoms with Crippen LogP contribution in [-0.4, -0.2) is 54.7 Å². The van der Waals surface area contributed by atoms with Crippen LogP contribution in [0, 0.1) is 11.3 Å². The number of ether oxygens (including phenoxy) is 1. The molecular weight excluding hydrogens is 260 g/mol. The van der Waals surface area contributed by atoms with Crippen molar-refractivity contribution in [1.29, 1.82) is 0 Å². The minimum Gasteiger partial charge on any atom is -0.481 e. The van der Waals surface area contributed by atoms with Gasteiger partial charge in [0.1, 0.15) is 0 Å². The molecular formula is C14H26N2O4. The fraction of sp³-hybridized carbons (Fsp3) is 0.857. The second-order valence-electron chi connectivity index (χ2n) is 5.87. The van der Waals surface area contributed by atoms with Gasteiger partial charge in [-0.2, -0.15) is 0 Å². The molecule has 20 heavy (non-hydrogen) atoms. The largest absolute Gasteiger partial charge is 0.481 e. The standard InChI is InChI=1S/C14H26N2O4/c1-10(2)14(13(18)19)6-7-16(9-14)12(17)11(15)5-4-8-20-3/h10-11H,4-9,15H2,1-3H3,(H,18,19). The number of hydrogen-bond donors (Lipinski definition) is 2. The van der Waals surface area contributed by atoms with E-state index in [1.165, 1.54) is 0 Å². The van der Waals surface area contributed by atoms with Gasteiger partial charge in [0.15, 0.2) is 0 Å². The minimum atomic E-state index is -0.831. The molecule has 0 bridgehead atoms. The lowest BCUT2D eigenvalue weighted by Crippen LogP contribution is -2.46. The maximum atomic E-state index is 12.2. The van der Waals surface area contributed by atoms with Crippen LogP contribution in [0.5, 0.6) is 0 Å². The number of rotatable bonds is 7. The number of hydrogen-bond acceptors (Lipinski definition) is 4. The van der Waals surface area contributed by atoms with E-state index in [4.69, 9.17) is 10.5 Å². The van der Waals surface area contributed by atoms with Gasteiger partial charge in [0, 0.05) is 26.8 Å². The quantitative estimate of drug-likeness (QED) is 0.672. The maximum Gasteiger partial charge on any atom is 0.311 e. The highest BCUT2D eigenvalue weighted by Crippen LogP contribution is 2.38. The molecule has 1 fully saturated rings. The molecule has 1 rings (SSSR count). The Labute approximate surface area is 120 Å². The summed E-state index contributed by atoms with van der Waals surface area (Å²) in [7, 11) is 1.61. The number of carbonyl (C=O) groups is 2. The van der Waals surface area contributed by atoms with Gasteiger partial charge in [0.25, 0.3) is 0 Å². The summed E-state index contributed by atoms with van der Waals surface area (Å²) in [5.41, 5.74) is 5.05. The van der Waals surface area contributed by atoms with Crippen LogP contribution in [-0.2, 0) is 14.3 Å². The van der Waals surface area contributed by atoms with Gasteiger partial charge in [0.05, 0.1) is 11.5 Å². The number of amides is 1. The average molecular weight is 286 g/mol. The van der Waals surface area contributed by atoms with Crippen LogP contribution in [0.4, 0.5) is 0 Å². The van der Waals surface area contributed by atoms with E-state index in [2.05, 4.69) is 0 Å². The zero-order valence-electron chi connectivity index (χ0n) is 12.6. The molecule has 1 amide bonds. The molecule has 0 saturated carbocycles. The molecule has 0 radical (unpaired) electrons. The molecule has 0 aromatic heterocycles. The molecule has 3 N–H and O–H groups in total. The number of nitrogens with two attached hydrogens (primary N) is 1. The van der Waals surface area contributed by atoms with Crippen molar-refractivity contribution in [3.05, 3.63) is 0 Å². The zero-order chi connectivity index (χ0) is 15.3. The van der Waals surface area contributed by atoms with Crippen LogP contribution in [0.15, 0.2) is 0 Å². The summed E-state index contributed by atoms with van der Waals surface area (Å²) in [6.07, 6.45) is 1.78. The SMILES string of the molecule is COCCCC(N)C(=O)N1CCC(C(=O)O)(C(C)C)C1. The van der Waals surface area contributed by atoms with Gasteiger partial charge in [-0.05, 0) is 25.2 Å². The van der Waals surface area contributed by atoms with Crippen molar-refractivity contribution in [3.8, 4) is 0 Å².